The summed E-state index contributed by atoms with van der Waals surface area (Å²) in [7, 11) is 0. The van der Waals surface area contributed by atoms with Gasteiger partial charge in [-0.3, -0.25) is 14.7 Å². The van der Waals surface area contributed by atoms with Crippen LogP contribution in [-0.2, 0) is 11.3 Å². The lowest BCUT2D eigenvalue weighted by Crippen LogP contribution is -2.35. The lowest BCUT2D eigenvalue weighted by Gasteiger charge is -2.20. The van der Waals surface area contributed by atoms with Gasteiger partial charge in [-0.1, -0.05) is 0 Å². The zero-order valence-electron chi connectivity index (χ0n) is 11.3. The smallest absolute Gasteiger partial charge is 0.227 e. The third-order valence-corrected chi connectivity index (χ3v) is 4.19. The Bertz CT molecular complexity index is 428. The van der Waals surface area contributed by atoms with Crippen LogP contribution in [0.15, 0.2) is 24.5 Å². The highest BCUT2D eigenvalue weighted by Crippen LogP contribution is 2.22. The number of likely N-dealkylation sites (tertiary alicyclic amines) is 2. The summed E-state index contributed by atoms with van der Waals surface area (Å²) in [4.78, 5) is 20.8. The molecule has 0 aliphatic carbocycles. The Morgan fingerprint density at radius 3 is 2.68 bits per heavy atom. The largest absolute Gasteiger partial charge is 0.342 e. The number of hydrogen-bond acceptors (Lipinski definition) is 3. The monoisotopic (exact) mass is 259 g/mol. The van der Waals surface area contributed by atoms with Gasteiger partial charge in [-0.25, -0.2) is 0 Å². The van der Waals surface area contributed by atoms with Crippen LogP contribution in [0.25, 0.3) is 0 Å². The highest BCUT2D eigenvalue weighted by Gasteiger charge is 2.32. The zero-order valence-corrected chi connectivity index (χ0v) is 11.3. The second-order valence-electron chi connectivity index (χ2n) is 5.61. The Balaban J connectivity index is 1.53. The van der Waals surface area contributed by atoms with Gasteiger partial charge >= 0.3 is 0 Å². The van der Waals surface area contributed by atoms with Crippen LogP contribution in [-0.4, -0.2) is 46.9 Å². The topological polar surface area (TPSA) is 36.4 Å². The first-order valence-corrected chi connectivity index (χ1v) is 7.23. The molecule has 1 atom stereocenters. The maximum atomic E-state index is 12.3. The lowest BCUT2D eigenvalue weighted by molar-refractivity contribution is -0.134. The van der Waals surface area contributed by atoms with Crippen LogP contribution in [0.2, 0.25) is 0 Å². The van der Waals surface area contributed by atoms with Crippen LogP contribution < -0.4 is 0 Å². The van der Waals surface area contributed by atoms with E-state index in [1.807, 2.05) is 12.4 Å². The van der Waals surface area contributed by atoms with E-state index in [0.29, 0.717) is 5.91 Å². The molecule has 4 nitrogen and oxygen atoms in total. The van der Waals surface area contributed by atoms with Crippen LogP contribution in [0.1, 0.15) is 24.8 Å². The standard InChI is InChI=1S/C15H21N3O/c19-15(18-8-1-2-9-18)14-5-10-17(12-14)11-13-3-6-16-7-4-13/h3-4,6-7,14H,1-2,5,8-12H2. The SMILES string of the molecule is O=C(C1CCN(Cc2ccncc2)C1)N1CCCC1. The molecule has 102 valence electrons. The van der Waals surface area contributed by atoms with Crippen LogP contribution >= 0.6 is 0 Å². The number of pyridine rings is 1. The summed E-state index contributed by atoms with van der Waals surface area (Å²) >= 11 is 0. The second-order valence-corrected chi connectivity index (χ2v) is 5.61. The van der Waals surface area contributed by atoms with E-state index >= 15 is 0 Å². The van der Waals surface area contributed by atoms with Gasteiger partial charge in [0.05, 0.1) is 5.92 Å². The molecule has 0 spiro atoms. The van der Waals surface area contributed by atoms with E-state index in [9.17, 15) is 4.79 Å². The fraction of sp³-hybridized carbons (Fsp3) is 0.600. The van der Waals surface area contributed by atoms with E-state index in [1.54, 1.807) is 0 Å². The maximum absolute atomic E-state index is 12.3. The molecule has 0 saturated carbocycles. The normalized spacial score (nSPS) is 24.0. The van der Waals surface area contributed by atoms with Crippen molar-refractivity contribution in [3.8, 4) is 0 Å². The number of aromatic nitrogens is 1. The number of hydrogen-bond donors (Lipinski definition) is 0. The van der Waals surface area contributed by atoms with Crippen molar-refractivity contribution in [2.45, 2.75) is 25.8 Å². The van der Waals surface area contributed by atoms with Crippen LogP contribution in [0.3, 0.4) is 0 Å². The summed E-state index contributed by atoms with van der Waals surface area (Å²) in [6, 6.07) is 4.10. The molecule has 0 N–H and O–H groups in total. The van der Waals surface area contributed by atoms with E-state index in [0.717, 1.165) is 39.1 Å². The second kappa shape index (κ2) is 5.70. The fourth-order valence-electron chi connectivity index (χ4n) is 3.12. The van der Waals surface area contributed by atoms with Crippen molar-refractivity contribution in [3.05, 3.63) is 30.1 Å². The van der Waals surface area contributed by atoms with Crippen molar-refractivity contribution in [3.63, 3.8) is 0 Å². The molecular formula is C15H21N3O. The molecule has 19 heavy (non-hydrogen) atoms. The van der Waals surface area contributed by atoms with Crippen LogP contribution in [0, 0.1) is 5.92 Å². The highest BCUT2D eigenvalue weighted by molar-refractivity contribution is 5.79. The van der Waals surface area contributed by atoms with Gasteiger partial charge in [0, 0.05) is 38.6 Å². The molecule has 0 radical (unpaired) electrons. The number of nitrogens with zero attached hydrogens (tertiary/aromatic N) is 3. The quantitative estimate of drug-likeness (QED) is 0.826. The molecule has 2 aliphatic rings. The summed E-state index contributed by atoms with van der Waals surface area (Å²) in [6.07, 6.45) is 7.04. The van der Waals surface area contributed by atoms with Crippen molar-refractivity contribution in [2.24, 2.45) is 5.92 Å². The molecule has 1 unspecified atom stereocenters. The van der Waals surface area contributed by atoms with Gasteiger partial charge in [0.25, 0.3) is 0 Å². The fourth-order valence-corrected chi connectivity index (χ4v) is 3.12. The molecule has 3 heterocycles. The van der Waals surface area contributed by atoms with E-state index in [4.69, 9.17) is 0 Å². The number of carbonyl (C=O) groups is 1. The molecule has 0 bridgehead atoms. The first-order chi connectivity index (χ1) is 9.33. The first-order valence-electron chi connectivity index (χ1n) is 7.23. The predicted molar refractivity (Wildman–Crippen MR) is 73.4 cm³/mol. The minimum absolute atomic E-state index is 0.222. The van der Waals surface area contributed by atoms with Crippen molar-refractivity contribution in [2.75, 3.05) is 26.2 Å². The van der Waals surface area contributed by atoms with Crippen molar-refractivity contribution < 1.29 is 4.79 Å². The van der Waals surface area contributed by atoms with Gasteiger partial charge in [-0.05, 0) is 43.5 Å². The average molecular weight is 259 g/mol. The summed E-state index contributed by atoms with van der Waals surface area (Å²) < 4.78 is 0. The first kappa shape index (κ1) is 12.6. The lowest BCUT2D eigenvalue weighted by atomic mass is 10.1. The molecule has 2 aliphatic heterocycles. The predicted octanol–water partition coefficient (Wildman–Crippen LogP) is 1.53. The third kappa shape index (κ3) is 2.95. The van der Waals surface area contributed by atoms with Crippen molar-refractivity contribution >= 4 is 5.91 Å². The molecule has 2 fully saturated rings. The molecule has 3 rings (SSSR count). The molecule has 4 heteroatoms. The number of rotatable bonds is 3. The average Bonchev–Trinajstić information content (AvgIpc) is 3.10. The van der Waals surface area contributed by atoms with Gasteiger partial charge in [0.1, 0.15) is 0 Å². The Labute approximate surface area is 114 Å². The highest BCUT2D eigenvalue weighted by atomic mass is 16.2. The number of carbonyl (C=O) groups excluding carboxylic acids is 1. The van der Waals surface area contributed by atoms with Crippen LogP contribution in [0.5, 0.6) is 0 Å². The zero-order chi connectivity index (χ0) is 13.1. The maximum Gasteiger partial charge on any atom is 0.227 e. The van der Waals surface area contributed by atoms with Gasteiger partial charge < -0.3 is 4.90 Å². The third-order valence-electron chi connectivity index (χ3n) is 4.19. The van der Waals surface area contributed by atoms with E-state index < -0.39 is 0 Å². The van der Waals surface area contributed by atoms with Gasteiger partial charge in [-0.2, -0.15) is 0 Å². The van der Waals surface area contributed by atoms with Gasteiger partial charge in [0.2, 0.25) is 5.91 Å². The van der Waals surface area contributed by atoms with Crippen LogP contribution in [0.4, 0.5) is 0 Å². The Kier molecular flexibility index (Phi) is 3.78. The summed E-state index contributed by atoms with van der Waals surface area (Å²) in [5, 5.41) is 0. The molecule has 1 amide bonds. The molecule has 0 aromatic carbocycles. The van der Waals surface area contributed by atoms with Crippen molar-refractivity contribution in [1.82, 2.24) is 14.8 Å². The van der Waals surface area contributed by atoms with E-state index in [2.05, 4.69) is 26.9 Å². The molecular weight excluding hydrogens is 238 g/mol. The molecule has 1 aromatic heterocycles. The molecule has 1 aromatic rings. The van der Waals surface area contributed by atoms with Gasteiger partial charge in [-0.15, -0.1) is 0 Å². The summed E-state index contributed by atoms with van der Waals surface area (Å²) in [6.45, 7) is 4.83. The van der Waals surface area contributed by atoms with E-state index in [1.165, 1.54) is 18.4 Å². The Morgan fingerprint density at radius 2 is 1.95 bits per heavy atom. The minimum atomic E-state index is 0.222. The summed E-state index contributed by atoms with van der Waals surface area (Å²) in [5.41, 5.74) is 1.28. The molecule has 2 saturated heterocycles. The Hall–Kier alpha value is -1.42. The van der Waals surface area contributed by atoms with Gasteiger partial charge in [0.15, 0.2) is 0 Å². The van der Waals surface area contributed by atoms with E-state index in [-0.39, 0.29) is 5.92 Å². The minimum Gasteiger partial charge on any atom is -0.342 e. The summed E-state index contributed by atoms with van der Waals surface area (Å²) in [5.74, 6) is 0.606. The number of amides is 1. The Morgan fingerprint density at radius 1 is 1.21 bits per heavy atom. The van der Waals surface area contributed by atoms with Crippen molar-refractivity contribution in [1.29, 1.82) is 0 Å².